The van der Waals surface area contributed by atoms with Crippen molar-refractivity contribution >= 4 is 16.6 Å². The highest BCUT2D eigenvalue weighted by atomic mass is 16.1. The van der Waals surface area contributed by atoms with Gasteiger partial charge in [0.15, 0.2) is 0 Å². The summed E-state index contributed by atoms with van der Waals surface area (Å²) in [7, 11) is 0. The quantitative estimate of drug-likeness (QED) is 0.511. The van der Waals surface area contributed by atoms with Crippen molar-refractivity contribution < 1.29 is 4.79 Å². The van der Waals surface area contributed by atoms with Crippen LogP contribution in [0, 0.1) is 0 Å². The van der Waals surface area contributed by atoms with Crippen LogP contribution in [-0.2, 0) is 11.2 Å². The van der Waals surface area contributed by atoms with Gasteiger partial charge in [0, 0.05) is 18.8 Å². The zero-order chi connectivity index (χ0) is 16.9. The Morgan fingerprint density at radius 1 is 0.792 bits per heavy atom. The fraction of sp³-hybridized carbons (Fsp3) is 0.261. The van der Waals surface area contributed by atoms with Crippen LogP contribution in [-0.4, -0.2) is 5.78 Å². The predicted octanol–water partition coefficient (Wildman–Crippen LogP) is 5.90. The lowest BCUT2D eigenvalue weighted by Gasteiger charge is -2.19. The van der Waals surface area contributed by atoms with Gasteiger partial charge in [0.25, 0.3) is 0 Å². The zero-order valence-corrected chi connectivity index (χ0v) is 14.5. The van der Waals surface area contributed by atoms with Crippen LogP contribution >= 0.6 is 0 Å². The average Bonchev–Trinajstić information content (AvgIpc) is 2.83. The Morgan fingerprint density at radius 3 is 2.29 bits per heavy atom. The van der Waals surface area contributed by atoms with Gasteiger partial charge in [0.2, 0.25) is 0 Å². The molecule has 122 valence electrons. The highest BCUT2D eigenvalue weighted by Crippen LogP contribution is 2.37. The number of carbonyl (C=O) groups is 1. The van der Waals surface area contributed by atoms with E-state index in [-0.39, 0.29) is 5.92 Å². The third-order valence-corrected chi connectivity index (χ3v) is 4.74. The Kier molecular flexibility index (Phi) is 5.10. The number of fused-ring (bicyclic) bond motifs is 3. The van der Waals surface area contributed by atoms with Gasteiger partial charge in [-0.1, -0.05) is 80.6 Å². The molecule has 0 aromatic heterocycles. The molecule has 0 N–H and O–H groups in total. The zero-order valence-electron chi connectivity index (χ0n) is 14.5. The van der Waals surface area contributed by atoms with Crippen LogP contribution in [0.25, 0.3) is 10.8 Å². The van der Waals surface area contributed by atoms with E-state index in [1.54, 1.807) is 0 Å². The van der Waals surface area contributed by atoms with Crippen molar-refractivity contribution in [3.05, 3.63) is 83.4 Å². The summed E-state index contributed by atoms with van der Waals surface area (Å²) < 4.78 is 0. The first-order chi connectivity index (χ1) is 11.8. The maximum atomic E-state index is 12.3. The van der Waals surface area contributed by atoms with E-state index in [1.807, 2.05) is 19.9 Å². The minimum atomic E-state index is 0.191. The highest BCUT2D eigenvalue weighted by Gasteiger charge is 2.25. The van der Waals surface area contributed by atoms with Crippen LogP contribution in [0.3, 0.4) is 0 Å². The summed E-state index contributed by atoms with van der Waals surface area (Å²) >= 11 is 0. The molecule has 1 atom stereocenters. The minimum Gasteiger partial charge on any atom is -0.300 e. The van der Waals surface area contributed by atoms with E-state index in [1.165, 1.54) is 27.5 Å². The van der Waals surface area contributed by atoms with Crippen LogP contribution in [0.15, 0.2) is 66.7 Å². The number of aryl methyl sites for hydroxylation is 1. The first kappa shape index (κ1) is 16.4. The van der Waals surface area contributed by atoms with E-state index in [2.05, 4.69) is 60.7 Å². The SMILES string of the molecule is CC.O=C1CCc2c(ccc3ccccc23)C(c2ccccc2)C1. The number of benzene rings is 3. The molecular weight excluding hydrogens is 292 g/mol. The summed E-state index contributed by atoms with van der Waals surface area (Å²) in [5.41, 5.74) is 3.93. The molecule has 0 spiro atoms. The van der Waals surface area contributed by atoms with E-state index in [4.69, 9.17) is 0 Å². The van der Waals surface area contributed by atoms with Crippen molar-refractivity contribution in [3.8, 4) is 0 Å². The molecule has 0 heterocycles. The molecule has 0 radical (unpaired) electrons. The standard InChI is InChI=1S/C21H18O.C2H6/c22-17-11-13-19-18-9-5-4-8-16(18)10-12-20(19)21(14-17)15-6-2-1-3-7-15;1-2/h1-10,12,21H,11,13-14H2;1-2H3. The summed E-state index contributed by atoms with van der Waals surface area (Å²) in [6, 6.07) is 23.4. The average molecular weight is 316 g/mol. The number of Topliss-reactive ketones (excluding diaryl/α,β-unsaturated/α-hetero) is 1. The number of ketones is 1. The van der Waals surface area contributed by atoms with Crippen molar-refractivity contribution in [2.45, 2.75) is 39.0 Å². The summed E-state index contributed by atoms with van der Waals surface area (Å²) in [6.45, 7) is 4.00. The van der Waals surface area contributed by atoms with E-state index in [9.17, 15) is 4.79 Å². The third kappa shape index (κ3) is 3.12. The van der Waals surface area contributed by atoms with Gasteiger partial charge < -0.3 is 0 Å². The normalized spacial score (nSPS) is 16.8. The van der Waals surface area contributed by atoms with Gasteiger partial charge in [-0.15, -0.1) is 0 Å². The fourth-order valence-corrected chi connectivity index (χ4v) is 3.65. The molecular formula is C23H24O. The first-order valence-electron chi connectivity index (χ1n) is 8.90. The lowest BCUT2D eigenvalue weighted by molar-refractivity contribution is -0.119. The maximum absolute atomic E-state index is 12.3. The second-order valence-electron chi connectivity index (χ2n) is 6.06. The molecule has 1 aliphatic rings. The van der Waals surface area contributed by atoms with Gasteiger partial charge >= 0.3 is 0 Å². The molecule has 1 unspecified atom stereocenters. The van der Waals surface area contributed by atoms with E-state index in [0.29, 0.717) is 18.6 Å². The largest absolute Gasteiger partial charge is 0.300 e. The fourth-order valence-electron chi connectivity index (χ4n) is 3.65. The summed E-state index contributed by atoms with van der Waals surface area (Å²) in [6.07, 6.45) is 2.14. The molecule has 4 rings (SSSR count). The van der Waals surface area contributed by atoms with Crippen LogP contribution in [0.4, 0.5) is 0 Å². The first-order valence-corrected chi connectivity index (χ1v) is 8.90. The minimum absolute atomic E-state index is 0.191. The van der Waals surface area contributed by atoms with Crippen molar-refractivity contribution in [2.75, 3.05) is 0 Å². The molecule has 1 heteroatoms. The van der Waals surface area contributed by atoms with Crippen LogP contribution in [0.2, 0.25) is 0 Å². The Morgan fingerprint density at radius 2 is 1.50 bits per heavy atom. The molecule has 3 aromatic rings. The molecule has 1 aliphatic carbocycles. The second-order valence-corrected chi connectivity index (χ2v) is 6.06. The smallest absolute Gasteiger partial charge is 0.134 e. The number of rotatable bonds is 1. The third-order valence-electron chi connectivity index (χ3n) is 4.74. The summed E-state index contributed by atoms with van der Waals surface area (Å²) in [4.78, 5) is 12.3. The van der Waals surface area contributed by atoms with Gasteiger partial charge in [0.1, 0.15) is 5.78 Å². The molecule has 0 bridgehead atoms. The lowest BCUT2D eigenvalue weighted by Crippen LogP contribution is -2.06. The van der Waals surface area contributed by atoms with Gasteiger partial charge in [0.05, 0.1) is 0 Å². The van der Waals surface area contributed by atoms with Gasteiger partial charge in [-0.05, 0) is 33.9 Å². The van der Waals surface area contributed by atoms with Gasteiger partial charge in [-0.2, -0.15) is 0 Å². The Bertz CT molecular complexity index is 833. The number of hydrogen-bond donors (Lipinski definition) is 0. The predicted molar refractivity (Wildman–Crippen MR) is 102 cm³/mol. The van der Waals surface area contributed by atoms with E-state index >= 15 is 0 Å². The second kappa shape index (κ2) is 7.44. The topological polar surface area (TPSA) is 17.1 Å². The van der Waals surface area contributed by atoms with E-state index in [0.717, 1.165) is 6.42 Å². The summed E-state index contributed by atoms with van der Waals surface area (Å²) in [5, 5.41) is 2.57. The Labute approximate surface area is 144 Å². The number of carbonyl (C=O) groups excluding carboxylic acids is 1. The molecule has 0 aliphatic heterocycles. The van der Waals surface area contributed by atoms with Crippen LogP contribution in [0.1, 0.15) is 49.3 Å². The molecule has 0 saturated carbocycles. The van der Waals surface area contributed by atoms with Crippen LogP contribution in [0.5, 0.6) is 0 Å². The van der Waals surface area contributed by atoms with Crippen molar-refractivity contribution in [1.29, 1.82) is 0 Å². The molecule has 24 heavy (non-hydrogen) atoms. The Hall–Kier alpha value is -2.41. The van der Waals surface area contributed by atoms with Gasteiger partial charge in [-0.3, -0.25) is 4.79 Å². The van der Waals surface area contributed by atoms with Crippen molar-refractivity contribution in [2.24, 2.45) is 0 Å². The van der Waals surface area contributed by atoms with Gasteiger partial charge in [-0.25, -0.2) is 0 Å². The number of hydrogen-bond acceptors (Lipinski definition) is 1. The lowest BCUT2D eigenvalue weighted by atomic mass is 9.85. The molecule has 0 saturated heterocycles. The van der Waals surface area contributed by atoms with E-state index < -0.39 is 0 Å². The van der Waals surface area contributed by atoms with Crippen molar-refractivity contribution in [3.63, 3.8) is 0 Å². The Balaban J connectivity index is 0.000000815. The molecule has 0 amide bonds. The van der Waals surface area contributed by atoms with Crippen LogP contribution < -0.4 is 0 Å². The molecule has 1 nitrogen and oxygen atoms in total. The monoisotopic (exact) mass is 316 g/mol. The summed E-state index contributed by atoms with van der Waals surface area (Å²) in [5.74, 6) is 0.560. The molecule has 0 fully saturated rings. The van der Waals surface area contributed by atoms with Crippen molar-refractivity contribution in [1.82, 2.24) is 0 Å². The highest BCUT2D eigenvalue weighted by molar-refractivity contribution is 5.89. The molecule has 3 aromatic carbocycles. The maximum Gasteiger partial charge on any atom is 0.134 e.